The number of carbonyl (C=O) groups is 1. The summed E-state index contributed by atoms with van der Waals surface area (Å²) in [5.74, 6) is -1.44. The number of anilines is 1. The number of fused-ring (bicyclic) bond motifs is 2. The van der Waals surface area contributed by atoms with Gasteiger partial charge < -0.3 is 4.74 Å². The summed E-state index contributed by atoms with van der Waals surface area (Å²) in [6, 6.07) is 9.79. The quantitative estimate of drug-likeness (QED) is 0.782. The van der Waals surface area contributed by atoms with Crippen LogP contribution < -0.4 is 9.64 Å². The van der Waals surface area contributed by atoms with E-state index in [-0.39, 0.29) is 5.56 Å². The van der Waals surface area contributed by atoms with E-state index in [2.05, 4.69) is 4.99 Å². The maximum Gasteiger partial charge on any atom is 0.265 e. The van der Waals surface area contributed by atoms with Gasteiger partial charge in [-0.05, 0) is 30.7 Å². The van der Waals surface area contributed by atoms with Crippen molar-refractivity contribution < 1.29 is 18.3 Å². The van der Waals surface area contributed by atoms with Crippen molar-refractivity contribution in [3.05, 3.63) is 83.7 Å². The molecule has 1 amide bonds. The van der Waals surface area contributed by atoms with Gasteiger partial charge in [0.1, 0.15) is 11.6 Å². The predicted molar refractivity (Wildman–Crippen MR) is 89.5 cm³/mol. The summed E-state index contributed by atoms with van der Waals surface area (Å²) in [5, 5.41) is 0. The summed E-state index contributed by atoms with van der Waals surface area (Å²) in [6.45, 7) is 0. The highest BCUT2D eigenvalue weighted by molar-refractivity contribution is 6.11. The van der Waals surface area contributed by atoms with Crippen LogP contribution in [0.1, 0.15) is 16.8 Å². The minimum atomic E-state index is -0.913. The summed E-state index contributed by atoms with van der Waals surface area (Å²) < 4.78 is 33.1. The highest BCUT2D eigenvalue weighted by atomic mass is 19.1. The van der Waals surface area contributed by atoms with Crippen molar-refractivity contribution >= 4 is 17.5 Å². The van der Waals surface area contributed by atoms with Gasteiger partial charge >= 0.3 is 0 Å². The van der Waals surface area contributed by atoms with Gasteiger partial charge in [-0.2, -0.15) is 0 Å². The molecule has 2 aromatic rings. The van der Waals surface area contributed by atoms with E-state index in [4.69, 9.17) is 4.74 Å². The fourth-order valence-electron chi connectivity index (χ4n) is 2.70. The van der Waals surface area contributed by atoms with Crippen LogP contribution in [0.25, 0.3) is 0 Å². The number of ether oxygens (including phenoxy) is 1. The molecule has 0 saturated carbocycles. The summed E-state index contributed by atoms with van der Waals surface area (Å²) in [6.07, 6.45) is 5.57. The van der Waals surface area contributed by atoms with Crippen molar-refractivity contribution in [3.63, 3.8) is 0 Å². The van der Waals surface area contributed by atoms with Crippen LogP contribution in [-0.2, 0) is 0 Å². The first-order chi connectivity index (χ1) is 12.1. The van der Waals surface area contributed by atoms with Crippen molar-refractivity contribution in [1.82, 2.24) is 0 Å². The van der Waals surface area contributed by atoms with E-state index in [1.54, 1.807) is 36.7 Å². The van der Waals surface area contributed by atoms with E-state index < -0.39 is 17.5 Å². The summed E-state index contributed by atoms with van der Waals surface area (Å²) >= 11 is 0. The molecule has 25 heavy (non-hydrogen) atoms. The number of aliphatic imine (C=N–C) groups is 1. The van der Waals surface area contributed by atoms with Crippen LogP contribution in [0.3, 0.4) is 0 Å². The van der Waals surface area contributed by atoms with Crippen LogP contribution in [-0.4, -0.2) is 11.8 Å². The minimum absolute atomic E-state index is 0.222. The predicted octanol–water partition coefficient (Wildman–Crippen LogP) is 4.20. The Balaban J connectivity index is 1.85. The van der Waals surface area contributed by atoms with Crippen molar-refractivity contribution in [2.75, 3.05) is 4.90 Å². The van der Waals surface area contributed by atoms with Crippen molar-refractivity contribution in [3.8, 4) is 5.75 Å². The molecule has 4 rings (SSSR count). The molecular weight excluding hydrogens is 326 g/mol. The van der Waals surface area contributed by atoms with E-state index in [1.807, 2.05) is 6.08 Å². The molecule has 124 valence electrons. The molecule has 4 nitrogen and oxygen atoms in total. The number of benzene rings is 2. The smallest absolute Gasteiger partial charge is 0.265 e. The fourth-order valence-corrected chi connectivity index (χ4v) is 2.70. The van der Waals surface area contributed by atoms with Crippen LogP contribution in [0.2, 0.25) is 0 Å². The SMILES string of the molecule is O=C(c1ccc(F)cc1F)N1C=C2CC=CN=C2Oc2ccccc21. The van der Waals surface area contributed by atoms with Gasteiger partial charge in [0.05, 0.1) is 11.3 Å². The van der Waals surface area contributed by atoms with Gasteiger partial charge in [-0.1, -0.05) is 18.2 Å². The number of rotatable bonds is 1. The number of allylic oxidation sites excluding steroid dienone is 1. The second-order valence-electron chi connectivity index (χ2n) is 5.55. The third-order valence-electron chi connectivity index (χ3n) is 3.91. The Kier molecular flexibility index (Phi) is 3.65. The number of amides is 1. The van der Waals surface area contributed by atoms with Gasteiger partial charge in [0.2, 0.25) is 5.90 Å². The van der Waals surface area contributed by atoms with Gasteiger partial charge in [-0.25, -0.2) is 13.8 Å². The van der Waals surface area contributed by atoms with E-state index in [0.29, 0.717) is 35.4 Å². The van der Waals surface area contributed by atoms with Crippen LogP contribution in [0.4, 0.5) is 14.5 Å². The first-order valence-corrected chi connectivity index (χ1v) is 7.63. The molecular formula is C19H12F2N2O2. The third kappa shape index (κ3) is 2.71. The summed E-state index contributed by atoms with van der Waals surface area (Å²) in [7, 11) is 0. The highest BCUT2D eigenvalue weighted by Crippen LogP contribution is 2.34. The molecule has 0 atom stereocenters. The Bertz CT molecular complexity index is 964. The molecule has 0 saturated heterocycles. The first-order valence-electron chi connectivity index (χ1n) is 7.63. The van der Waals surface area contributed by atoms with Crippen molar-refractivity contribution in [1.29, 1.82) is 0 Å². The lowest BCUT2D eigenvalue weighted by Crippen LogP contribution is -2.26. The number of carbonyl (C=O) groups excluding carboxylic acids is 1. The molecule has 0 N–H and O–H groups in total. The monoisotopic (exact) mass is 338 g/mol. The molecule has 0 fully saturated rings. The van der Waals surface area contributed by atoms with E-state index in [9.17, 15) is 13.6 Å². The molecule has 2 aromatic carbocycles. The number of hydrogen-bond acceptors (Lipinski definition) is 3. The van der Waals surface area contributed by atoms with Crippen LogP contribution in [0.5, 0.6) is 5.75 Å². The van der Waals surface area contributed by atoms with E-state index in [0.717, 1.165) is 12.1 Å². The molecule has 0 spiro atoms. The lowest BCUT2D eigenvalue weighted by molar-refractivity contribution is 0.0993. The molecule has 2 aliphatic rings. The minimum Gasteiger partial charge on any atom is -0.436 e. The Labute approximate surface area is 142 Å². The molecule has 2 heterocycles. The van der Waals surface area contributed by atoms with E-state index >= 15 is 0 Å². The van der Waals surface area contributed by atoms with Crippen LogP contribution >= 0.6 is 0 Å². The van der Waals surface area contributed by atoms with Gasteiger partial charge in [0.15, 0.2) is 5.75 Å². The maximum absolute atomic E-state index is 14.1. The number of hydrogen-bond donors (Lipinski definition) is 0. The third-order valence-corrected chi connectivity index (χ3v) is 3.91. The van der Waals surface area contributed by atoms with Crippen LogP contribution in [0, 0.1) is 11.6 Å². The Morgan fingerprint density at radius 3 is 2.84 bits per heavy atom. The summed E-state index contributed by atoms with van der Waals surface area (Å²) in [4.78, 5) is 18.4. The normalized spacial score (nSPS) is 15.4. The lowest BCUT2D eigenvalue weighted by Gasteiger charge is -2.19. The number of nitrogens with zero attached hydrogens (tertiary/aromatic N) is 2. The van der Waals surface area contributed by atoms with Gasteiger partial charge in [-0.15, -0.1) is 0 Å². The van der Waals surface area contributed by atoms with Crippen LogP contribution in [0.15, 0.2) is 71.5 Å². The number of para-hydroxylation sites is 2. The molecule has 0 aliphatic carbocycles. The largest absolute Gasteiger partial charge is 0.436 e. The second-order valence-corrected chi connectivity index (χ2v) is 5.55. The average Bonchev–Trinajstić information content (AvgIpc) is 2.78. The topological polar surface area (TPSA) is 41.9 Å². The molecule has 0 unspecified atom stereocenters. The molecule has 0 radical (unpaired) electrons. The van der Waals surface area contributed by atoms with E-state index in [1.165, 1.54) is 4.90 Å². The standard InChI is InChI=1S/C19H12F2N2O2/c20-13-7-8-14(15(21)10-13)19(24)23-11-12-4-3-9-22-18(12)25-17-6-2-1-5-16(17)23/h1-3,5-11H,4H2. The molecule has 0 bridgehead atoms. The van der Waals surface area contributed by atoms with Gasteiger partial charge in [-0.3, -0.25) is 9.69 Å². The Morgan fingerprint density at radius 1 is 1.16 bits per heavy atom. The van der Waals surface area contributed by atoms with Gasteiger partial charge in [0, 0.05) is 24.0 Å². The second kappa shape index (κ2) is 5.98. The zero-order valence-corrected chi connectivity index (χ0v) is 12.9. The summed E-state index contributed by atoms with van der Waals surface area (Å²) in [5.41, 5.74) is 0.926. The molecule has 0 aromatic heterocycles. The average molecular weight is 338 g/mol. The highest BCUT2D eigenvalue weighted by Gasteiger charge is 2.27. The fraction of sp³-hybridized carbons (Fsp3) is 0.0526. The Morgan fingerprint density at radius 2 is 2.00 bits per heavy atom. The first kappa shape index (κ1) is 15.3. The van der Waals surface area contributed by atoms with Crippen molar-refractivity contribution in [2.45, 2.75) is 6.42 Å². The lowest BCUT2D eigenvalue weighted by atomic mass is 10.1. The maximum atomic E-state index is 14.1. The molecule has 6 heteroatoms. The van der Waals surface area contributed by atoms with Crippen molar-refractivity contribution in [2.24, 2.45) is 4.99 Å². The molecule has 2 aliphatic heterocycles. The zero-order chi connectivity index (χ0) is 17.4. The van der Waals surface area contributed by atoms with Gasteiger partial charge in [0.25, 0.3) is 5.91 Å². The number of halogens is 2. The zero-order valence-electron chi connectivity index (χ0n) is 12.9. The Hall–Kier alpha value is -3.28.